The molecule has 2 aromatic carbocycles. The molecule has 1 N–H and O–H groups in total. The molecule has 0 atom stereocenters. The van der Waals surface area contributed by atoms with Gasteiger partial charge in [-0.2, -0.15) is 4.31 Å². The van der Waals surface area contributed by atoms with E-state index < -0.39 is 10.0 Å². The molecule has 0 unspecified atom stereocenters. The largest absolute Gasteiger partial charge is 0.497 e. The van der Waals surface area contributed by atoms with Crippen molar-refractivity contribution >= 4 is 15.9 Å². The van der Waals surface area contributed by atoms with Crippen LogP contribution in [-0.2, 0) is 34.3 Å². The normalized spacial score (nSPS) is 14.9. The number of carbonyl (C=O) groups is 1. The van der Waals surface area contributed by atoms with Crippen molar-refractivity contribution in [3.8, 4) is 5.75 Å². The number of aryl methyl sites for hydroxylation is 2. The molecule has 1 aromatic heterocycles. The summed E-state index contributed by atoms with van der Waals surface area (Å²) in [6.45, 7) is 7.00. The highest BCUT2D eigenvalue weighted by molar-refractivity contribution is 7.89. The number of sulfonamides is 1. The molecule has 222 valence electrons. The smallest absolute Gasteiger partial charge is 0.254 e. The summed E-state index contributed by atoms with van der Waals surface area (Å²) in [5, 5.41) is 2.92. The summed E-state index contributed by atoms with van der Waals surface area (Å²) in [4.78, 5) is 15.4. The Hall–Kier alpha value is -3.18. The summed E-state index contributed by atoms with van der Waals surface area (Å²) in [7, 11) is 1.04. The first-order valence-electron chi connectivity index (χ1n) is 13.9. The predicted molar refractivity (Wildman–Crippen MR) is 158 cm³/mol. The summed E-state index contributed by atoms with van der Waals surface area (Å²) >= 11 is 0. The Morgan fingerprint density at radius 1 is 1.05 bits per heavy atom. The summed E-state index contributed by atoms with van der Waals surface area (Å²) in [5.41, 5.74) is 3.99. The van der Waals surface area contributed by atoms with E-state index in [9.17, 15) is 13.2 Å². The Bertz CT molecular complexity index is 1400. The first-order chi connectivity index (χ1) is 19.6. The van der Waals surface area contributed by atoms with Crippen LogP contribution in [0.4, 0.5) is 0 Å². The maximum atomic E-state index is 13.3. The van der Waals surface area contributed by atoms with Gasteiger partial charge < -0.3 is 19.2 Å². The molecule has 1 aliphatic heterocycles. The molecule has 0 bridgehead atoms. The van der Waals surface area contributed by atoms with Crippen molar-refractivity contribution in [1.82, 2.24) is 14.5 Å². The average molecular weight is 584 g/mol. The van der Waals surface area contributed by atoms with Crippen LogP contribution < -0.4 is 10.1 Å². The molecule has 4 rings (SSSR count). The Labute approximate surface area is 243 Å². The molecule has 3 aromatic rings. The Morgan fingerprint density at radius 3 is 2.29 bits per heavy atom. The topological polar surface area (TPSA) is 101 Å². The van der Waals surface area contributed by atoms with Gasteiger partial charge in [-0.05, 0) is 73.6 Å². The van der Waals surface area contributed by atoms with E-state index in [2.05, 4.69) is 34.5 Å². The Kier molecular flexibility index (Phi) is 10.2. The van der Waals surface area contributed by atoms with Gasteiger partial charge in [0.25, 0.3) is 5.91 Å². The van der Waals surface area contributed by atoms with Gasteiger partial charge in [0.2, 0.25) is 10.0 Å². The van der Waals surface area contributed by atoms with Gasteiger partial charge in [0.1, 0.15) is 17.8 Å². The van der Waals surface area contributed by atoms with Crippen LogP contribution in [0.15, 0.2) is 58.0 Å². The van der Waals surface area contributed by atoms with Gasteiger partial charge in [0.15, 0.2) is 0 Å². The van der Waals surface area contributed by atoms with Gasteiger partial charge in [-0.1, -0.05) is 24.3 Å². The molecule has 0 saturated carbocycles. The molecular weight excluding hydrogens is 542 g/mol. The van der Waals surface area contributed by atoms with Crippen LogP contribution in [0, 0.1) is 13.8 Å². The molecule has 1 fully saturated rings. The minimum absolute atomic E-state index is 0.00272. The molecule has 41 heavy (non-hydrogen) atoms. The van der Waals surface area contributed by atoms with Gasteiger partial charge >= 0.3 is 0 Å². The molecule has 1 saturated heterocycles. The minimum atomic E-state index is -3.78. The molecule has 10 heteroatoms. The van der Waals surface area contributed by atoms with Crippen molar-refractivity contribution in [1.29, 1.82) is 0 Å². The van der Waals surface area contributed by atoms with Crippen molar-refractivity contribution in [3.05, 3.63) is 82.3 Å². The minimum Gasteiger partial charge on any atom is -0.497 e. The number of methoxy groups -OCH3 is 2. The number of furan rings is 1. The third-order valence-electron chi connectivity index (χ3n) is 7.63. The molecule has 2 heterocycles. The van der Waals surface area contributed by atoms with Crippen molar-refractivity contribution in [2.75, 3.05) is 40.9 Å². The first-order valence-corrected chi connectivity index (χ1v) is 15.3. The lowest BCUT2D eigenvalue weighted by atomic mass is 10.1. The number of amides is 1. The summed E-state index contributed by atoms with van der Waals surface area (Å²) < 4.78 is 44.1. The zero-order chi connectivity index (χ0) is 29.6. The van der Waals surface area contributed by atoms with Gasteiger partial charge in [-0.3, -0.25) is 9.69 Å². The van der Waals surface area contributed by atoms with Crippen LogP contribution in [0.1, 0.15) is 51.2 Å². The number of nitrogens with one attached hydrogen (secondary N) is 1. The molecule has 0 radical (unpaired) electrons. The number of nitrogens with zero attached hydrogens (tertiary/aromatic N) is 2. The standard InChI is InChI=1S/C31H41N3O6S/c1-22-16-28(39-5)17-23(2)30(22)41(36,37)33(3)20-29-18-26(21-40-29)31(35)32-13-10-24-6-8-25(9-7-24)19-34-14-11-27(38-4)12-15-34/h6-9,16-18,21,27H,10-15,19-20H2,1-5H3,(H,32,35). The number of likely N-dealkylation sites (tertiary alicyclic amines) is 1. The first kappa shape index (κ1) is 30.8. The van der Waals surface area contributed by atoms with E-state index in [4.69, 9.17) is 13.9 Å². The molecule has 1 aliphatic rings. The van der Waals surface area contributed by atoms with E-state index in [1.807, 2.05) is 0 Å². The third kappa shape index (κ3) is 7.77. The van der Waals surface area contributed by atoms with E-state index >= 15 is 0 Å². The summed E-state index contributed by atoms with van der Waals surface area (Å²) in [5.74, 6) is 0.727. The predicted octanol–water partition coefficient (Wildman–Crippen LogP) is 4.31. The number of ether oxygens (including phenoxy) is 2. The maximum absolute atomic E-state index is 13.3. The van der Waals surface area contributed by atoms with Crippen molar-refractivity contribution in [2.45, 2.75) is 57.2 Å². The fourth-order valence-electron chi connectivity index (χ4n) is 5.27. The monoisotopic (exact) mass is 583 g/mol. The summed E-state index contributed by atoms with van der Waals surface area (Å²) in [6.07, 6.45) is 4.60. The van der Waals surface area contributed by atoms with Crippen molar-refractivity contribution < 1.29 is 27.1 Å². The third-order valence-corrected chi connectivity index (χ3v) is 9.74. The fraction of sp³-hybridized carbons (Fsp3) is 0.452. The maximum Gasteiger partial charge on any atom is 0.254 e. The highest BCUT2D eigenvalue weighted by atomic mass is 32.2. The van der Waals surface area contributed by atoms with Crippen LogP contribution in [0.3, 0.4) is 0 Å². The van der Waals surface area contributed by atoms with Crippen LogP contribution in [0.5, 0.6) is 5.75 Å². The second-order valence-electron chi connectivity index (χ2n) is 10.7. The SMILES string of the molecule is COc1cc(C)c(S(=O)(=O)N(C)Cc2cc(C(=O)NCCc3ccc(CN4CCC(OC)CC4)cc3)co2)c(C)c1. The zero-order valence-corrected chi connectivity index (χ0v) is 25.4. The Morgan fingerprint density at radius 2 is 1.68 bits per heavy atom. The highest BCUT2D eigenvalue weighted by Gasteiger charge is 2.27. The number of benzene rings is 2. The lowest BCUT2D eigenvalue weighted by molar-refractivity contribution is 0.0388. The van der Waals surface area contributed by atoms with Gasteiger partial charge in [0.05, 0.1) is 30.2 Å². The zero-order valence-electron chi connectivity index (χ0n) is 24.6. The number of rotatable bonds is 12. The van der Waals surface area contributed by atoms with E-state index in [1.54, 1.807) is 46.3 Å². The van der Waals surface area contributed by atoms with Gasteiger partial charge in [-0.25, -0.2) is 8.42 Å². The highest BCUT2D eigenvalue weighted by Crippen LogP contribution is 2.28. The molecular formula is C31H41N3O6S. The second-order valence-corrected chi connectivity index (χ2v) is 12.7. The molecule has 0 spiro atoms. The molecule has 0 aliphatic carbocycles. The van der Waals surface area contributed by atoms with E-state index in [0.29, 0.717) is 47.3 Å². The second kappa shape index (κ2) is 13.7. The molecule has 1 amide bonds. The van der Waals surface area contributed by atoms with E-state index in [-0.39, 0.29) is 17.3 Å². The van der Waals surface area contributed by atoms with Crippen molar-refractivity contribution in [3.63, 3.8) is 0 Å². The number of piperidine rings is 1. The fourth-order valence-corrected chi connectivity index (χ4v) is 6.81. The van der Waals surface area contributed by atoms with Crippen LogP contribution in [0.2, 0.25) is 0 Å². The lowest BCUT2D eigenvalue weighted by Gasteiger charge is -2.31. The number of carbonyl (C=O) groups excluding carboxylic acids is 1. The van der Waals surface area contributed by atoms with E-state index in [0.717, 1.165) is 38.0 Å². The van der Waals surface area contributed by atoms with Gasteiger partial charge in [-0.15, -0.1) is 0 Å². The van der Waals surface area contributed by atoms with Gasteiger partial charge in [0, 0.05) is 40.3 Å². The number of hydrogen-bond acceptors (Lipinski definition) is 7. The van der Waals surface area contributed by atoms with Crippen LogP contribution in [0.25, 0.3) is 0 Å². The Balaban J connectivity index is 1.26. The van der Waals surface area contributed by atoms with Crippen LogP contribution in [-0.4, -0.2) is 70.5 Å². The van der Waals surface area contributed by atoms with Crippen molar-refractivity contribution in [2.24, 2.45) is 0 Å². The lowest BCUT2D eigenvalue weighted by Crippen LogP contribution is -2.36. The summed E-state index contributed by atoms with van der Waals surface area (Å²) in [6, 6.07) is 13.5. The quantitative estimate of drug-likeness (QED) is 0.339. The van der Waals surface area contributed by atoms with E-state index in [1.165, 1.54) is 23.2 Å². The molecule has 9 nitrogen and oxygen atoms in total. The average Bonchev–Trinajstić information content (AvgIpc) is 3.42. The van der Waals surface area contributed by atoms with Crippen LogP contribution >= 0.6 is 0 Å². The number of hydrogen-bond donors (Lipinski definition) is 1.